The van der Waals surface area contributed by atoms with Crippen LogP contribution in [0.4, 0.5) is 22.1 Å². The molecule has 9 nitrogen and oxygen atoms in total. The summed E-state index contributed by atoms with van der Waals surface area (Å²) >= 11 is 0. The van der Waals surface area contributed by atoms with Gasteiger partial charge in [0.1, 0.15) is 5.82 Å². The third kappa shape index (κ3) is 3.02. The van der Waals surface area contributed by atoms with Crippen LogP contribution in [0.5, 0.6) is 0 Å². The third-order valence-corrected chi connectivity index (χ3v) is 3.83. The first kappa shape index (κ1) is 14.4. The summed E-state index contributed by atoms with van der Waals surface area (Å²) in [5.41, 5.74) is -0.0508. The largest absolute Gasteiger partial charge is 0.465 e. The molecule has 118 valence electrons. The molecular formula is C13H17N5O4. The lowest BCUT2D eigenvalue weighted by Gasteiger charge is -2.33. The van der Waals surface area contributed by atoms with Gasteiger partial charge in [-0.05, 0) is 18.9 Å². The Bertz CT molecular complexity index is 596. The van der Waals surface area contributed by atoms with Crippen LogP contribution in [0.2, 0.25) is 0 Å². The molecule has 0 atom stereocenters. The molecule has 0 unspecified atom stereocenters. The summed E-state index contributed by atoms with van der Waals surface area (Å²) < 4.78 is 0. The number of hydrogen-bond donors (Lipinski definition) is 2. The zero-order valence-electron chi connectivity index (χ0n) is 11.9. The van der Waals surface area contributed by atoms with Crippen molar-refractivity contribution in [3.8, 4) is 0 Å². The Morgan fingerprint density at radius 3 is 2.55 bits per heavy atom. The summed E-state index contributed by atoms with van der Waals surface area (Å²) in [6.45, 7) is 1.42. The number of nitrogens with one attached hydrogen (secondary N) is 1. The summed E-state index contributed by atoms with van der Waals surface area (Å²) in [7, 11) is 0. The van der Waals surface area contributed by atoms with Gasteiger partial charge in [-0.15, -0.1) is 0 Å². The van der Waals surface area contributed by atoms with E-state index in [1.54, 1.807) is 11.0 Å². The van der Waals surface area contributed by atoms with Gasteiger partial charge in [-0.2, -0.15) is 0 Å². The summed E-state index contributed by atoms with van der Waals surface area (Å²) in [6, 6.07) is 3.48. The van der Waals surface area contributed by atoms with Crippen LogP contribution < -0.4 is 10.2 Å². The number of aromatic nitrogens is 1. The van der Waals surface area contributed by atoms with Gasteiger partial charge < -0.3 is 20.2 Å². The van der Waals surface area contributed by atoms with Gasteiger partial charge in [0.2, 0.25) is 5.82 Å². The lowest BCUT2D eigenvalue weighted by Crippen LogP contribution is -2.48. The SMILES string of the molecule is O=C(O)N1CCN(c2nc(NC3CC3)ccc2[N+](=O)[O-])CC1. The highest BCUT2D eigenvalue weighted by molar-refractivity contribution is 5.66. The molecule has 1 saturated heterocycles. The van der Waals surface area contributed by atoms with E-state index in [4.69, 9.17) is 5.11 Å². The number of pyridine rings is 1. The van der Waals surface area contributed by atoms with Crippen molar-refractivity contribution in [1.29, 1.82) is 0 Å². The molecule has 0 aromatic carbocycles. The van der Waals surface area contributed by atoms with E-state index in [0.29, 0.717) is 43.9 Å². The Balaban J connectivity index is 1.80. The average Bonchev–Trinajstić information content (AvgIpc) is 3.31. The number of piperazine rings is 1. The molecule has 2 fully saturated rings. The van der Waals surface area contributed by atoms with Gasteiger partial charge in [0.25, 0.3) is 0 Å². The Kier molecular flexibility index (Phi) is 3.70. The molecule has 0 bridgehead atoms. The van der Waals surface area contributed by atoms with Crippen LogP contribution >= 0.6 is 0 Å². The predicted octanol–water partition coefficient (Wildman–Crippen LogP) is 1.36. The van der Waals surface area contributed by atoms with Crippen molar-refractivity contribution in [2.45, 2.75) is 18.9 Å². The van der Waals surface area contributed by atoms with Crippen molar-refractivity contribution >= 4 is 23.4 Å². The van der Waals surface area contributed by atoms with Crippen molar-refractivity contribution in [2.24, 2.45) is 0 Å². The minimum absolute atomic E-state index is 0.0508. The van der Waals surface area contributed by atoms with E-state index in [9.17, 15) is 14.9 Å². The molecule has 9 heteroatoms. The smallest absolute Gasteiger partial charge is 0.407 e. The third-order valence-electron chi connectivity index (χ3n) is 3.83. The van der Waals surface area contributed by atoms with Gasteiger partial charge in [0, 0.05) is 38.3 Å². The zero-order chi connectivity index (χ0) is 15.7. The van der Waals surface area contributed by atoms with Crippen LogP contribution in [0.1, 0.15) is 12.8 Å². The lowest BCUT2D eigenvalue weighted by molar-refractivity contribution is -0.384. The van der Waals surface area contributed by atoms with Gasteiger partial charge >= 0.3 is 11.8 Å². The lowest BCUT2D eigenvalue weighted by atomic mass is 10.3. The van der Waals surface area contributed by atoms with E-state index in [0.717, 1.165) is 12.8 Å². The molecule has 1 saturated carbocycles. The molecule has 1 aliphatic heterocycles. The fourth-order valence-corrected chi connectivity index (χ4v) is 2.44. The Labute approximate surface area is 126 Å². The van der Waals surface area contributed by atoms with E-state index in [1.165, 1.54) is 11.0 Å². The van der Waals surface area contributed by atoms with E-state index in [-0.39, 0.29) is 5.69 Å². The molecule has 0 radical (unpaired) electrons. The molecule has 1 amide bonds. The summed E-state index contributed by atoms with van der Waals surface area (Å²) in [4.78, 5) is 29.1. The Morgan fingerprint density at radius 2 is 2.00 bits per heavy atom. The zero-order valence-corrected chi connectivity index (χ0v) is 11.9. The number of anilines is 2. The second kappa shape index (κ2) is 5.66. The maximum atomic E-state index is 11.2. The topological polar surface area (TPSA) is 112 Å². The Hall–Kier alpha value is -2.58. The van der Waals surface area contributed by atoms with Gasteiger partial charge in [-0.3, -0.25) is 10.1 Å². The number of hydrogen-bond acceptors (Lipinski definition) is 6. The van der Waals surface area contributed by atoms with E-state index >= 15 is 0 Å². The monoisotopic (exact) mass is 307 g/mol. The molecule has 1 aromatic heterocycles. The van der Waals surface area contributed by atoms with Crippen LogP contribution in [-0.4, -0.2) is 58.2 Å². The quantitative estimate of drug-likeness (QED) is 0.638. The van der Waals surface area contributed by atoms with Crippen LogP contribution in [-0.2, 0) is 0 Å². The van der Waals surface area contributed by atoms with Crippen molar-refractivity contribution in [2.75, 3.05) is 36.4 Å². The Morgan fingerprint density at radius 1 is 1.32 bits per heavy atom. The molecule has 22 heavy (non-hydrogen) atoms. The van der Waals surface area contributed by atoms with Gasteiger partial charge in [0.15, 0.2) is 0 Å². The van der Waals surface area contributed by atoms with Gasteiger partial charge in [-0.25, -0.2) is 9.78 Å². The minimum Gasteiger partial charge on any atom is -0.465 e. The normalized spacial score (nSPS) is 18.2. The van der Waals surface area contributed by atoms with E-state index in [2.05, 4.69) is 10.3 Å². The second-order valence-corrected chi connectivity index (χ2v) is 5.47. The van der Waals surface area contributed by atoms with Crippen molar-refractivity contribution in [1.82, 2.24) is 9.88 Å². The first-order valence-electron chi connectivity index (χ1n) is 7.19. The first-order chi connectivity index (χ1) is 10.5. The highest BCUT2D eigenvalue weighted by atomic mass is 16.6. The van der Waals surface area contributed by atoms with Crippen LogP contribution in [0.15, 0.2) is 12.1 Å². The molecule has 2 N–H and O–H groups in total. The van der Waals surface area contributed by atoms with Gasteiger partial charge in [0.05, 0.1) is 4.92 Å². The number of rotatable bonds is 4. The first-order valence-corrected chi connectivity index (χ1v) is 7.19. The number of carbonyl (C=O) groups is 1. The number of nitro groups is 1. The standard InChI is InChI=1S/C13H17N5O4/c19-13(20)17-7-5-16(6-8-17)12-10(18(21)22)3-4-11(15-12)14-9-1-2-9/h3-4,9H,1-2,5-8H2,(H,14,15)(H,19,20). The van der Waals surface area contributed by atoms with Crippen molar-refractivity contribution in [3.05, 3.63) is 22.2 Å². The predicted molar refractivity (Wildman–Crippen MR) is 79.3 cm³/mol. The second-order valence-electron chi connectivity index (χ2n) is 5.47. The molecule has 2 aliphatic rings. The van der Waals surface area contributed by atoms with Gasteiger partial charge in [-0.1, -0.05) is 0 Å². The molecule has 1 aliphatic carbocycles. The highest BCUT2D eigenvalue weighted by Gasteiger charge is 2.28. The summed E-state index contributed by atoms with van der Waals surface area (Å²) in [5.74, 6) is 0.935. The van der Waals surface area contributed by atoms with E-state index in [1.807, 2.05) is 0 Å². The average molecular weight is 307 g/mol. The number of carboxylic acid groups (broad SMARTS) is 1. The van der Waals surface area contributed by atoms with Crippen LogP contribution in [0, 0.1) is 10.1 Å². The minimum atomic E-state index is -0.966. The fraction of sp³-hybridized carbons (Fsp3) is 0.538. The molecular weight excluding hydrogens is 290 g/mol. The molecule has 0 spiro atoms. The van der Waals surface area contributed by atoms with Crippen LogP contribution in [0.25, 0.3) is 0 Å². The van der Waals surface area contributed by atoms with Crippen LogP contribution in [0.3, 0.4) is 0 Å². The van der Waals surface area contributed by atoms with Crippen molar-refractivity contribution < 1.29 is 14.8 Å². The molecule has 3 rings (SSSR count). The molecule has 1 aromatic rings. The maximum absolute atomic E-state index is 11.2. The maximum Gasteiger partial charge on any atom is 0.407 e. The summed E-state index contributed by atoms with van der Waals surface area (Å²) in [6.07, 6.45) is 1.21. The van der Waals surface area contributed by atoms with E-state index < -0.39 is 11.0 Å². The number of nitrogens with zero attached hydrogens (tertiary/aromatic N) is 4. The molecule has 2 heterocycles. The fourth-order valence-electron chi connectivity index (χ4n) is 2.44. The highest BCUT2D eigenvalue weighted by Crippen LogP contribution is 2.30. The number of amides is 1. The van der Waals surface area contributed by atoms with Crippen molar-refractivity contribution in [3.63, 3.8) is 0 Å². The summed E-state index contributed by atoms with van der Waals surface area (Å²) in [5, 5.41) is 23.4.